The Bertz CT molecular complexity index is 434. The minimum Gasteiger partial charge on any atom is -0.462 e. The number of allylic oxidation sites excluding steroid dienone is 1. The molecule has 0 spiro atoms. The van der Waals surface area contributed by atoms with Crippen LogP contribution in [0.3, 0.4) is 0 Å². The summed E-state index contributed by atoms with van der Waals surface area (Å²) in [5.41, 5.74) is -0.382. The first-order chi connectivity index (χ1) is 13.2. The second-order valence-electron chi connectivity index (χ2n) is 8.68. The van der Waals surface area contributed by atoms with E-state index in [-0.39, 0.29) is 23.6 Å². The Morgan fingerprint density at radius 1 is 0.893 bits per heavy atom. The molecule has 0 aromatic carbocycles. The Morgan fingerprint density at radius 3 is 2.18 bits per heavy atom. The maximum atomic E-state index is 11.6. The molecule has 28 heavy (non-hydrogen) atoms. The predicted octanol–water partition coefficient (Wildman–Crippen LogP) is 6.91. The molecule has 4 heteroatoms. The molecule has 0 saturated carbocycles. The van der Waals surface area contributed by atoms with Crippen LogP contribution in [0.15, 0.2) is 12.2 Å². The van der Waals surface area contributed by atoms with Crippen molar-refractivity contribution >= 4 is 11.9 Å². The second kappa shape index (κ2) is 16.6. The third-order valence-corrected chi connectivity index (χ3v) is 4.45. The summed E-state index contributed by atoms with van der Waals surface area (Å²) in [6.07, 6.45) is 18.1. The van der Waals surface area contributed by atoms with Crippen LogP contribution in [0.4, 0.5) is 0 Å². The van der Waals surface area contributed by atoms with Crippen LogP contribution < -0.4 is 0 Å². The van der Waals surface area contributed by atoms with Gasteiger partial charge in [-0.05, 0) is 52.9 Å². The minimum atomic E-state index is -0.382. The Hall–Kier alpha value is -1.32. The smallest absolute Gasteiger partial charge is 0.306 e. The average molecular weight is 397 g/mol. The van der Waals surface area contributed by atoms with E-state index >= 15 is 0 Å². The monoisotopic (exact) mass is 396 g/mol. The lowest BCUT2D eigenvalue weighted by Gasteiger charge is -2.19. The topological polar surface area (TPSA) is 52.6 Å². The van der Waals surface area contributed by atoms with E-state index in [1.807, 2.05) is 20.8 Å². The molecule has 0 aliphatic carbocycles. The largest absolute Gasteiger partial charge is 0.462 e. The van der Waals surface area contributed by atoms with Crippen LogP contribution in [0.25, 0.3) is 0 Å². The quantitative estimate of drug-likeness (QED) is 0.162. The van der Waals surface area contributed by atoms with E-state index in [1.54, 1.807) is 0 Å². The number of carbonyl (C=O) groups excluding carboxylic acids is 2. The van der Waals surface area contributed by atoms with E-state index in [9.17, 15) is 9.59 Å². The van der Waals surface area contributed by atoms with Gasteiger partial charge in [-0.1, -0.05) is 57.6 Å². The zero-order valence-electron chi connectivity index (χ0n) is 19.1. The minimum absolute atomic E-state index is 0.0264. The SMILES string of the molecule is CCCCCCC(C/C=C\CCCCCCCC(=O)OC(C)(C)C)OC(C)=O. The number of hydrogen-bond acceptors (Lipinski definition) is 4. The lowest BCUT2D eigenvalue weighted by atomic mass is 10.1. The number of carbonyl (C=O) groups is 2. The average Bonchev–Trinajstić information content (AvgIpc) is 2.58. The normalized spacial score (nSPS) is 12.9. The number of esters is 2. The summed E-state index contributed by atoms with van der Waals surface area (Å²) >= 11 is 0. The van der Waals surface area contributed by atoms with Crippen molar-refractivity contribution in [3.8, 4) is 0 Å². The van der Waals surface area contributed by atoms with Crippen LogP contribution in [0, 0.1) is 0 Å². The van der Waals surface area contributed by atoms with Crippen molar-refractivity contribution in [3.63, 3.8) is 0 Å². The molecule has 0 rings (SSSR count). The van der Waals surface area contributed by atoms with Gasteiger partial charge in [0.05, 0.1) is 0 Å². The van der Waals surface area contributed by atoms with Gasteiger partial charge in [0.15, 0.2) is 0 Å². The van der Waals surface area contributed by atoms with E-state index in [2.05, 4.69) is 19.1 Å². The van der Waals surface area contributed by atoms with Crippen molar-refractivity contribution in [2.24, 2.45) is 0 Å². The zero-order valence-corrected chi connectivity index (χ0v) is 19.1. The van der Waals surface area contributed by atoms with E-state index in [1.165, 1.54) is 32.6 Å². The second-order valence-corrected chi connectivity index (χ2v) is 8.68. The lowest BCUT2D eigenvalue weighted by Crippen LogP contribution is -2.23. The number of hydrogen-bond donors (Lipinski definition) is 0. The summed E-state index contributed by atoms with van der Waals surface area (Å²) in [5, 5.41) is 0. The van der Waals surface area contributed by atoms with Gasteiger partial charge in [0.2, 0.25) is 0 Å². The van der Waals surface area contributed by atoms with Crippen LogP contribution in [-0.2, 0) is 19.1 Å². The van der Waals surface area contributed by atoms with E-state index < -0.39 is 0 Å². The summed E-state index contributed by atoms with van der Waals surface area (Å²) in [5.74, 6) is -0.271. The van der Waals surface area contributed by atoms with Gasteiger partial charge in [-0.3, -0.25) is 9.59 Å². The fourth-order valence-corrected chi connectivity index (χ4v) is 3.08. The van der Waals surface area contributed by atoms with E-state index in [0.29, 0.717) is 6.42 Å². The maximum absolute atomic E-state index is 11.6. The van der Waals surface area contributed by atoms with Gasteiger partial charge in [-0.15, -0.1) is 0 Å². The summed E-state index contributed by atoms with van der Waals surface area (Å²) in [7, 11) is 0. The molecule has 1 atom stereocenters. The first-order valence-electron chi connectivity index (χ1n) is 11.3. The van der Waals surface area contributed by atoms with Crippen molar-refractivity contribution in [3.05, 3.63) is 12.2 Å². The van der Waals surface area contributed by atoms with Crippen molar-refractivity contribution in [1.82, 2.24) is 0 Å². The van der Waals surface area contributed by atoms with Gasteiger partial charge in [0.1, 0.15) is 11.7 Å². The van der Waals surface area contributed by atoms with Crippen LogP contribution in [0.1, 0.15) is 118 Å². The van der Waals surface area contributed by atoms with Crippen molar-refractivity contribution in [1.29, 1.82) is 0 Å². The molecule has 0 radical (unpaired) electrons. The Balaban J connectivity index is 3.72. The maximum Gasteiger partial charge on any atom is 0.306 e. The first-order valence-corrected chi connectivity index (χ1v) is 11.3. The Labute approximate surface area is 173 Å². The lowest BCUT2D eigenvalue weighted by molar-refractivity contribution is -0.155. The molecular weight excluding hydrogens is 352 g/mol. The molecule has 0 saturated heterocycles. The number of rotatable bonds is 16. The van der Waals surface area contributed by atoms with E-state index in [0.717, 1.165) is 51.4 Å². The van der Waals surface area contributed by atoms with Crippen molar-refractivity contribution < 1.29 is 19.1 Å². The summed E-state index contributed by atoms with van der Waals surface area (Å²) < 4.78 is 10.7. The molecule has 0 N–H and O–H groups in total. The number of ether oxygens (including phenoxy) is 2. The molecule has 1 unspecified atom stereocenters. The van der Waals surface area contributed by atoms with Crippen LogP contribution in [-0.4, -0.2) is 23.6 Å². The molecule has 0 amide bonds. The fraction of sp³-hybridized carbons (Fsp3) is 0.833. The molecule has 0 aromatic rings. The molecule has 0 aromatic heterocycles. The van der Waals surface area contributed by atoms with Crippen LogP contribution in [0.2, 0.25) is 0 Å². The van der Waals surface area contributed by atoms with Gasteiger partial charge in [0, 0.05) is 19.8 Å². The molecule has 4 nitrogen and oxygen atoms in total. The molecule has 0 heterocycles. The molecule has 0 aliphatic heterocycles. The zero-order chi connectivity index (χ0) is 21.3. The summed E-state index contributed by atoms with van der Waals surface area (Å²) in [6, 6.07) is 0. The highest BCUT2D eigenvalue weighted by Crippen LogP contribution is 2.14. The summed E-state index contributed by atoms with van der Waals surface area (Å²) in [4.78, 5) is 22.9. The molecular formula is C24H44O4. The molecule has 0 fully saturated rings. The molecule has 0 aliphatic rings. The Kier molecular flexibility index (Phi) is 15.8. The molecule has 0 bridgehead atoms. The van der Waals surface area contributed by atoms with Gasteiger partial charge in [-0.2, -0.15) is 0 Å². The highest BCUT2D eigenvalue weighted by atomic mass is 16.6. The van der Waals surface area contributed by atoms with Crippen molar-refractivity contribution in [2.75, 3.05) is 0 Å². The summed E-state index contributed by atoms with van der Waals surface area (Å²) in [6.45, 7) is 9.40. The highest BCUT2D eigenvalue weighted by Gasteiger charge is 2.15. The Morgan fingerprint density at radius 2 is 1.54 bits per heavy atom. The van der Waals surface area contributed by atoms with Gasteiger partial charge < -0.3 is 9.47 Å². The van der Waals surface area contributed by atoms with E-state index in [4.69, 9.17) is 9.47 Å². The van der Waals surface area contributed by atoms with Crippen molar-refractivity contribution in [2.45, 2.75) is 130 Å². The van der Waals surface area contributed by atoms with Gasteiger partial charge in [-0.25, -0.2) is 0 Å². The third-order valence-electron chi connectivity index (χ3n) is 4.45. The molecule has 164 valence electrons. The first kappa shape index (κ1) is 26.7. The van der Waals surface area contributed by atoms with Gasteiger partial charge in [0.25, 0.3) is 0 Å². The standard InChI is InChI=1S/C24H44O4/c1-6-7-8-15-18-22(27-21(2)25)19-16-13-11-9-10-12-14-17-20-23(26)28-24(3,4)5/h13,16,22H,6-12,14-15,17-20H2,1-5H3/b16-13-. The van der Waals surface area contributed by atoms with Gasteiger partial charge >= 0.3 is 11.9 Å². The fourth-order valence-electron chi connectivity index (χ4n) is 3.08. The predicted molar refractivity (Wildman–Crippen MR) is 116 cm³/mol. The third kappa shape index (κ3) is 19.4. The number of unbranched alkanes of at least 4 members (excludes halogenated alkanes) is 8. The van der Waals surface area contributed by atoms with Crippen LogP contribution >= 0.6 is 0 Å². The van der Waals surface area contributed by atoms with Crippen LogP contribution in [0.5, 0.6) is 0 Å². The highest BCUT2D eigenvalue weighted by molar-refractivity contribution is 5.69.